The van der Waals surface area contributed by atoms with E-state index < -0.39 is 17.5 Å². The smallest absolute Gasteiger partial charge is 0.323 e. The number of rotatable bonds is 15. The quantitative estimate of drug-likeness (QED) is 0.345. The third-order valence-electron chi connectivity index (χ3n) is 5.57. The van der Waals surface area contributed by atoms with Crippen LogP contribution in [0.3, 0.4) is 0 Å². The van der Waals surface area contributed by atoms with Crippen LogP contribution in [0.4, 0.5) is 0 Å². The summed E-state index contributed by atoms with van der Waals surface area (Å²) in [6, 6.07) is 0. The first-order chi connectivity index (χ1) is 14.0. The van der Waals surface area contributed by atoms with Crippen LogP contribution in [0.5, 0.6) is 0 Å². The molecule has 0 aromatic heterocycles. The average Bonchev–Trinajstić information content (AvgIpc) is 2.93. The van der Waals surface area contributed by atoms with Crippen molar-refractivity contribution in [2.45, 2.75) is 84.2 Å². The largest absolute Gasteiger partial charge is 0.481 e. The second kappa shape index (κ2) is 12.5. The van der Waals surface area contributed by atoms with Crippen LogP contribution in [0.1, 0.15) is 78.6 Å². The molecular weight excluding hydrogens is 386 g/mol. The van der Waals surface area contributed by atoms with Crippen LogP contribution in [0.15, 0.2) is 23.3 Å². The van der Waals surface area contributed by atoms with Gasteiger partial charge in [-0.2, -0.15) is 0 Å². The van der Waals surface area contributed by atoms with E-state index in [1.165, 1.54) is 10.5 Å². The molecule has 1 heterocycles. The van der Waals surface area contributed by atoms with Crippen molar-refractivity contribution < 1.29 is 29.7 Å². The molecule has 0 spiro atoms. The van der Waals surface area contributed by atoms with Crippen molar-refractivity contribution in [1.29, 1.82) is 0 Å². The Kier molecular flexibility index (Phi) is 10.8. The number of hydrogen-bond acceptors (Lipinski definition) is 4. The number of hydrogen-bond donors (Lipinski definition) is 3. The molecule has 0 saturated carbocycles. The van der Waals surface area contributed by atoms with Crippen molar-refractivity contribution in [2.24, 2.45) is 5.92 Å². The minimum atomic E-state index is -1.01. The second-order valence-electron chi connectivity index (χ2n) is 8.84. The summed E-state index contributed by atoms with van der Waals surface area (Å²) in [6.45, 7) is 5.91. The summed E-state index contributed by atoms with van der Waals surface area (Å²) >= 11 is 0. The first-order valence-electron chi connectivity index (χ1n) is 10.8. The van der Waals surface area contributed by atoms with Crippen molar-refractivity contribution in [3.8, 4) is 0 Å². The molecule has 0 aromatic carbocycles. The molecule has 0 aliphatic carbocycles. The number of nitrogens with zero attached hydrogens (tertiary/aromatic N) is 1. The van der Waals surface area contributed by atoms with Crippen LogP contribution < -0.4 is 0 Å². The van der Waals surface area contributed by atoms with E-state index in [0.717, 1.165) is 25.7 Å². The lowest BCUT2D eigenvalue weighted by Crippen LogP contribution is -2.32. The molecule has 7 nitrogen and oxygen atoms in total. The molecule has 1 rings (SSSR count). The van der Waals surface area contributed by atoms with E-state index in [1.54, 1.807) is 6.08 Å². The van der Waals surface area contributed by atoms with Gasteiger partial charge in [0, 0.05) is 18.5 Å². The van der Waals surface area contributed by atoms with Crippen LogP contribution in [-0.4, -0.2) is 56.8 Å². The van der Waals surface area contributed by atoms with Crippen molar-refractivity contribution in [1.82, 2.24) is 4.90 Å². The summed E-state index contributed by atoms with van der Waals surface area (Å²) in [5.41, 5.74) is 1.09. The first-order valence-corrected chi connectivity index (χ1v) is 10.8. The Morgan fingerprint density at radius 3 is 2.57 bits per heavy atom. The Labute approximate surface area is 179 Å². The van der Waals surface area contributed by atoms with Gasteiger partial charge in [0.2, 0.25) is 5.91 Å². The summed E-state index contributed by atoms with van der Waals surface area (Å²) in [7, 11) is 0. The lowest BCUT2D eigenvalue weighted by Gasteiger charge is -2.23. The molecule has 0 bridgehead atoms. The monoisotopic (exact) mass is 423 g/mol. The van der Waals surface area contributed by atoms with Crippen LogP contribution in [0, 0.1) is 5.92 Å². The van der Waals surface area contributed by atoms with Gasteiger partial charge in [-0.25, -0.2) is 0 Å². The number of carbonyl (C=O) groups excluding carboxylic acids is 1. The summed E-state index contributed by atoms with van der Waals surface area (Å²) in [6.07, 6.45) is 10.2. The number of amides is 1. The van der Waals surface area contributed by atoms with Crippen molar-refractivity contribution in [2.75, 3.05) is 13.1 Å². The molecule has 0 fully saturated rings. The van der Waals surface area contributed by atoms with Gasteiger partial charge < -0.3 is 20.2 Å². The third-order valence-corrected chi connectivity index (χ3v) is 5.57. The van der Waals surface area contributed by atoms with Gasteiger partial charge in [0.1, 0.15) is 6.54 Å². The number of carbonyl (C=O) groups is 3. The molecule has 170 valence electrons. The van der Waals surface area contributed by atoms with Gasteiger partial charge in [0.25, 0.3) is 0 Å². The van der Waals surface area contributed by atoms with E-state index in [9.17, 15) is 19.5 Å². The molecule has 0 radical (unpaired) electrons. The Bertz CT molecular complexity index is 665. The van der Waals surface area contributed by atoms with Gasteiger partial charge in [-0.15, -0.1) is 0 Å². The second-order valence-corrected chi connectivity index (χ2v) is 8.84. The van der Waals surface area contributed by atoms with E-state index in [0.29, 0.717) is 37.8 Å². The van der Waals surface area contributed by atoms with E-state index in [-0.39, 0.29) is 24.8 Å². The highest BCUT2D eigenvalue weighted by atomic mass is 16.4. The Morgan fingerprint density at radius 2 is 1.93 bits per heavy atom. The molecule has 30 heavy (non-hydrogen) atoms. The van der Waals surface area contributed by atoms with Crippen LogP contribution in [-0.2, 0) is 14.4 Å². The zero-order chi connectivity index (χ0) is 22.7. The number of aliphatic carboxylic acids is 2. The Hall–Kier alpha value is -2.15. The van der Waals surface area contributed by atoms with Crippen LogP contribution in [0.25, 0.3) is 0 Å². The Morgan fingerprint density at radius 1 is 1.23 bits per heavy atom. The highest BCUT2D eigenvalue weighted by Crippen LogP contribution is 2.24. The minimum Gasteiger partial charge on any atom is -0.481 e. The maximum atomic E-state index is 12.1. The van der Waals surface area contributed by atoms with Gasteiger partial charge in [0.15, 0.2) is 0 Å². The zero-order valence-corrected chi connectivity index (χ0v) is 18.5. The van der Waals surface area contributed by atoms with Gasteiger partial charge in [-0.3, -0.25) is 14.4 Å². The van der Waals surface area contributed by atoms with Crippen LogP contribution >= 0.6 is 0 Å². The third kappa shape index (κ3) is 10.6. The molecule has 0 aromatic rings. The maximum absolute atomic E-state index is 12.1. The standard InChI is InChI=1S/C23H37NO6/c1-17(7-4-8-18(2)15-20(25)26)9-5-12-23(3,30)13-6-10-19-11-14-24(22(19)29)16-21(27)28/h9,11,18,30H,4-8,10,12-16H2,1-3H3,(H,25,26)(H,27,28). The van der Waals surface area contributed by atoms with Crippen molar-refractivity contribution in [3.05, 3.63) is 23.3 Å². The molecule has 1 aliphatic heterocycles. The molecule has 1 aliphatic rings. The zero-order valence-electron chi connectivity index (χ0n) is 18.5. The van der Waals surface area contributed by atoms with Gasteiger partial charge in [0.05, 0.1) is 5.60 Å². The number of carboxylic acids is 2. The normalized spacial score (nSPS) is 17.6. The molecule has 1 amide bonds. The fourth-order valence-electron chi connectivity index (χ4n) is 3.75. The molecule has 7 heteroatoms. The van der Waals surface area contributed by atoms with E-state index in [4.69, 9.17) is 10.2 Å². The highest BCUT2D eigenvalue weighted by molar-refractivity contribution is 5.97. The summed E-state index contributed by atoms with van der Waals surface area (Å²) in [5, 5.41) is 28.2. The van der Waals surface area contributed by atoms with Gasteiger partial charge in [-0.1, -0.05) is 24.6 Å². The molecule has 2 atom stereocenters. The minimum absolute atomic E-state index is 0.189. The van der Waals surface area contributed by atoms with Crippen molar-refractivity contribution in [3.63, 3.8) is 0 Å². The maximum Gasteiger partial charge on any atom is 0.323 e. The fourth-order valence-corrected chi connectivity index (χ4v) is 3.75. The first kappa shape index (κ1) is 25.9. The molecular formula is C23H37NO6. The molecule has 3 N–H and O–H groups in total. The molecule has 2 unspecified atom stereocenters. The number of aliphatic hydroxyl groups is 1. The summed E-state index contributed by atoms with van der Waals surface area (Å²) in [4.78, 5) is 34.9. The lowest BCUT2D eigenvalue weighted by atomic mass is 9.91. The topological polar surface area (TPSA) is 115 Å². The van der Waals surface area contributed by atoms with Crippen LogP contribution in [0.2, 0.25) is 0 Å². The van der Waals surface area contributed by atoms with E-state index >= 15 is 0 Å². The van der Waals surface area contributed by atoms with Crippen molar-refractivity contribution >= 4 is 17.8 Å². The Balaban J connectivity index is 2.25. The predicted molar refractivity (Wildman–Crippen MR) is 115 cm³/mol. The fraction of sp³-hybridized carbons (Fsp3) is 0.696. The van der Waals surface area contributed by atoms with E-state index in [1.807, 2.05) is 13.8 Å². The lowest BCUT2D eigenvalue weighted by molar-refractivity contribution is -0.142. The highest BCUT2D eigenvalue weighted by Gasteiger charge is 2.26. The SMILES string of the molecule is CC(=CCCC(C)(O)CCCC1=CCN(CC(=O)O)C1=O)CCCC(C)CC(=O)O. The predicted octanol–water partition coefficient (Wildman–Crippen LogP) is 3.77. The molecule has 0 saturated heterocycles. The number of carboxylic acid groups (broad SMARTS) is 2. The van der Waals surface area contributed by atoms with Gasteiger partial charge in [-0.05, 0) is 71.1 Å². The number of allylic oxidation sites excluding steroid dienone is 2. The average molecular weight is 424 g/mol. The van der Waals surface area contributed by atoms with E-state index in [2.05, 4.69) is 13.0 Å². The summed E-state index contributed by atoms with van der Waals surface area (Å²) < 4.78 is 0. The summed E-state index contributed by atoms with van der Waals surface area (Å²) in [5.74, 6) is -1.79. The van der Waals surface area contributed by atoms with Gasteiger partial charge >= 0.3 is 11.9 Å².